The van der Waals surface area contributed by atoms with Crippen LogP contribution in [0, 0.1) is 17.8 Å². The fraction of sp³-hybridized carbons (Fsp3) is 0.778. The maximum Gasteiger partial charge on any atom is -0.0199 e. The molecule has 0 aromatic rings. The molecule has 0 heteroatoms. The minimum Gasteiger partial charge on any atom is -0.0851 e. The highest BCUT2D eigenvalue weighted by Gasteiger charge is 2.33. The summed E-state index contributed by atoms with van der Waals surface area (Å²) in [5, 5.41) is 0. The van der Waals surface area contributed by atoms with Crippen molar-refractivity contribution in [1.82, 2.24) is 0 Å². The number of allylic oxidation sites excluding steroid dienone is 2. The van der Waals surface area contributed by atoms with E-state index >= 15 is 0 Å². The van der Waals surface area contributed by atoms with E-state index in [-0.39, 0.29) is 0 Å². The van der Waals surface area contributed by atoms with Gasteiger partial charge in [0, 0.05) is 0 Å². The molecule has 9 heavy (non-hydrogen) atoms. The van der Waals surface area contributed by atoms with E-state index in [4.69, 9.17) is 0 Å². The molecular formula is C9H14. The van der Waals surface area contributed by atoms with Crippen molar-refractivity contribution in [1.29, 1.82) is 0 Å². The summed E-state index contributed by atoms with van der Waals surface area (Å²) in [5.74, 6) is 2.99. The van der Waals surface area contributed by atoms with Crippen LogP contribution in [-0.2, 0) is 0 Å². The Balaban J connectivity index is 2.10. The molecule has 0 nitrogen and oxygen atoms in total. The fourth-order valence-corrected chi connectivity index (χ4v) is 2.36. The smallest absolute Gasteiger partial charge is 0.0199 e. The highest BCUT2D eigenvalue weighted by molar-refractivity contribution is 5.09. The second kappa shape index (κ2) is 1.86. The van der Waals surface area contributed by atoms with E-state index in [9.17, 15) is 0 Å². The summed E-state index contributed by atoms with van der Waals surface area (Å²) in [5.41, 5.74) is 0. The first-order valence-electron chi connectivity index (χ1n) is 4.08. The molecule has 0 radical (unpaired) electrons. The molecule has 0 saturated heterocycles. The Morgan fingerprint density at radius 1 is 1.33 bits per heavy atom. The van der Waals surface area contributed by atoms with Crippen LogP contribution in [0.3, 0.4) is 0 Å². The zero-order valence-electron chi connectivity index (χ0n) is 6.01. The number of hydrogen-bond donors (Lipinski definition) is 0. The van der Waals surface area contributed by atoms with Crippen molar-refractivity contribution >= 4 is 0 Å². The first-order valence-corrected chi connectivity index (χ1v) is 4.08. The third-order valence-electron chi connectivity index (χ3n) is 2.94. The average Bonchev–Trinajstić information content (AvgIpc) is 2.45. The standard InChI is InChI=1S/C9H14/c1-2-8-5-7-3-4-9(8)6-7/h3-4,7-9H,2,5-6H2,1H3/t7-,8?,9?/m0/s1. The van der Waals surface area contributed by atoms with Crippen LogP contribution in [0.1, 0.15) is 26.2 Å². The molecule has 0 N–H and O–H groups in total. The molecule has 1 saturated carbocycles. The van der Waals surface area contributed by atoms with Crippen molar-refractivity contribution in [3.63, 3.8) is 0 Å². The Morgan fingerprint density at radius 2 is 2.22 bits per heavy atom. The summed E-state index contributed by atoms with van der Waals surface area (Å²) >= 11 is 0. The van der Waals surface area contributed by atoms with Crippen LogP contribution in [0.2, 0.25) is 0 Å². The summed E-state index contributed by atoms with van der Waals surface area (Å²) in [6.07, 6.45) is 9.20. The molecule has 50 valence electrons. The Bertz CT molecular complexity index is 135. The van der Waals surface area contributed by atoms with E-state index in [2.05, 4.69) is 19.1 Å². The van der Waals surface area contributed by atoms with Gasteiger partial charge in [-0.25, -0.2) is 0 Å². The van der Waals surface area contributed by atoms with Gasteiger partial charge in [-0.3, -0.25) is 0 Å². The second-order valence-electron chi connectivity index (χ2n) is 3.45. The lowest BCUT2D eigenvalue weighted by molar-refractivity contribution is 0.434. The van der Waals surface area contributed by atoms with Crippen LogP contribution in [0.4, 0.5) is 0 Å². The van der Waals surface area contributed by atoms with Crippen molar-refractivity contribution in [3.05, 3.63) is 12.2 Å². The van der Waals surface area contributed by atoms with Crippen LogP contribution >= 0.6 is 0 Å². The lowest BCUT2D eigenvalue weighted by Crippen LogP contribution is -2.04. The molecular weight excluding hydrogens is 108 g/mol. The van der Waals surface area contributed by atoms with Crippen LogP contribution in [-0.4, -0.2) is 0 Å². The van der Waals surface area contributed by atoms with Gasteiger partial charge in [0.15, 0.2) is 0 Å². The van der Waals surface area contributed by atoms with Gasteiger partial charge in [-0.15, -0.1) is 0 Å². The number of rotatable bonds is 1. The van der Waals surface area contributed by atoms with Crippen LogP contribution < -0.4 is 0 Å². The van der Waals surface area contributed by atoms with Crippen LogP contribution in [0.15, 0.2) is 12.2 Å². The summed E-state index contributed by atoms with van der Waals surface area (Å²) < 4.78 is 0. The molecule has 0 aliphatic heterocycles. The van der Waals surface area contributed by atoms with Gasteiger partial charge < -0.3 is 0 Å². The minimum atomic E-state index is 0.972. The maximum absolute atomic E-state index is 2.43. The second-order valence-corrected chi connectivity index (χ2v) is 3.45. The molecule has 2 aliphatic rings. The highest BCUT2D eigenvalue weighted by atomic mass is 14.4. The lowest BCUT2D eigenvalue weighted by atomic mass is 9.91. The van der Waals surface area contributed by atoms with E-state index in [0.29, 0.717) is 0 Å². The first-order chi connectivity index (χ1) is 4.40. The van der Waals surface area contributed by atoms with E-state index in [1.807, 2.05) is 0 Å². The van der Waals surface area contributed by atoms with Gasteiger partial charge in [0.25, 0.3) is 0 Å². The zero-order valence-corrected chi connectivity index (χ0v) is 6.01. The lowest BCUT2D eigenvalue weighted by Gasteiger charge is -2.14. The van der Waals surface area contributed by atoms with Gasteiger partial charge in [-0.1, -0.05) is 25.5 Å². The van der Waals surface area contributed by atoms with Gasteiger partial charge >= 0.3 is 0 Å². The van der Waals surface area contributed by atoms with E-state index in [1.165, 1.54) is 19.3 Å². The normalized spacial score (nSPS) is 46.6. The van der Waals surface area contributed by atoms with Crippen molar-refractivity contribution in [3.8, 4) is 0 Å². The predicted molar refractivity (Wildman–Crippen MR) is 39.1 cm³/mol. The van der Waals surface area contributed by atoms with Gasteiger partial charge in [-0.05, 0) is 30.6 Å². The predicted octanol–water partition coefficient (Wildman–Crippen LogP) is 2.61. The highest BCUT2D eigenvalue weighted by Crippen LogP contribution is 2.44. The van der Waals surface area contributed by atoms with E-state index < -0.39 is 0 Å². The molecule has 2 bridgehead atoms. The van der Waals surface area contributed by atoms with Crippen molar-refractivity contribution in [2.75, 3.05) is 0 Å². The number of fused-ring (bicyclic) bond motifs is 2. The van der Waals surface area contributed by atoms with E-state index in [1.54, 1.807) is 0 Å². The Labute approximate surface area is 57.0 Å². The van der Waals surface area contributed by atoms with Crippen LogP contribution in [0.5, 0.6) is 0 Å². The Hall–Kier alpha value is -0.260. The Kier molecular flexibility index (Phi) is 1.14. The quantitative estimate of drug-likeness (QED) is 0.469. The molecule has 1 fully saturated rings. The summed E-state index contributed by atoms with van der Waals surface area (Å²) in [7, 11) is 0. The van der Waals surface area contributed by atoms with E-state index in [0.717, 1.165) is 17.8 Å². The maximum atomic E-state index is 2.43. The zero-order chi connectivity index (χ0) is 6.27. The topological polar surface area (TPSA) is 0 Å². The van der Waals surface area contributed by atoms with Gasteiger partial charge in [0.2, 0.25) is 0 Å². The molecule has 2 aliphatic carbocycles. The van der Waals surface area contributed by atoms with Gasteiger partial charge in [-0.2, -0.15) is 0 Å². The largest absolute Gasteiger partial charge is 0.0851 e. The molecule has 0 aromatic heterocycles. The number of hydrogen-bond acceptors (Lipinski definition) is 0. The third-order valence-corrected chi connectivity index (χ3v) is 2.94. The average molecular weight is 122 g/mol. The van der Waals surface area contributed by atoms with Crippen LogP contribution in [0.25, 0.3) is 0 Å². The fourth-order valence-electron chi connectivity index (χ4n) is 2.36. The molecule has 3 atom stereocenters. The first kappa shape index (κ1) is 5.52. The summed E-state index contributed by atoms with van der Waals surface area (Å²) in [4.78, 5) is 0. The Morgan fingerprint density at radius 3 is 2.56 bits per heavy atom. The molecule has 0 aromatic carbocycles. The molecule has 0 heterocycles. The van der Waals surface area contributed by atoms with Crippen molar-refractivity contribution in [2.24, 2.45) is 17.8 Å². The molecule has 2 rings (SSSR count). The molecule has 2 unspecified atom stereocenters. The van der Waals surface area contributed by atoms with Gasteiger partial charge in [0.1, 0.15) is 0 Å². The summed E-state index contributed by atoms with van der Waals surface area (Å²) in [6.45, 7) is 2.32. The minimum absolute atomic E-state index is 0.972. The van der Waals surface area contributed by atoms with Crippen molar-refractivity contribution < 1.29 is 0 Å². The van der Waals surface area contributed by atoms with Gasteiger partial charge in [0.05, 0.1) is 0 Å². The monoisotopic (exact) mass is 122 g/mol. The third kappa shape index (κ3) is 0.726. The summed E-state index contributed by atoms with van der Waals surface area (Å²) in [6, 6.07) is 0. The van der Waals surface area contributed by atoms with Crippen molar-refractivity contribution in [2.45, 2.75) is 26.2 Å². The molecule has 0 amide bonds. The molecule has 0 spiro atoms. The SMILES string of the molecule is CCC1C[C@@H]2C=CC1C2.